The van der Waals surface area contributed by atoms with Crippen molar-refractivity contribution in [2.75, 3.05) is 0 Å². The quantitative estimate of drug-likeness (QED) is 0.530. The molecule has 3 rings (SSSR count). The van der Waals surface area contributed by atoms with E-state index in [0.29, 0.717) is 16.5 Å². The van der Waals surface area contributed by atoms with Gasteiger partial charge >= 0.3 is 0 Å². The van der Waals surface area contributed by atoms with Crippen LogP contribution in [0.5, 0.6) is 0 Å². The summed E-state index contributed by atoms with van der Waals surface area (Å²) in [5, 5.41) is 1.09. The summed E-state index contributed by atoms with van der Waals surface area (Å²) in [4.78, 5) is 0. The lowest BCUT2D eigenvalue weighted by atomic mass is 9.97. The highest BCUT2D eigenvalue weighted by atomic mass is 19.2. The highest BCUT2D eigenvalue weighted by Crippen LogP contribution is 2.31. The van der Waals surface area contributed by atoms with E-state index in [1.807, 2.05) is 43.3 Å². The van der Waals surface area contributed by atoms with Gasteiger partial charge in [0.2, 0.25) is 0 Å². The van der Waals surface area contributed by atoms with Crippen LogP contribution in [0.25, 0.3) is 21.9 Å². The molecule has 0 radical (unpaired) electrons. The molecule has 0 N–H and O–H groups in total. The summed E-state index contributed by atoms with van der Waals surface area (Å²) in [6, 6.07) is 15.0. The van der Waals surface area contributed by atoms with E-state index in [1.54, 1.807) is 12.1 Å². The van der Waals surface area contributed by atoms with Crippen molar-refractivity contribution >= 4 is 10.8 Å². The molecule has 2 heteroatoms. The molecule has 0 nitrogen and oxygen atoms in total. The number of rotatable bonds is 4. The zero-order valence-corrected chi connectivity index (χ0v) is 13.5. The maximum Gasteiger partial charge on any atom is 0.167 e. The minimum Gasteiger partial charge on any atom is -0.203 e. The topological polar surface area (TPSA) is 0 Å². The third-order valence-corrected chi connectivity index (χ3v) is 4.30. The predicted octanol–water partition coefficient (Wildman–Crippen LogP) is 6.30. The summed E-state index contributed by atoms with van der Waals surface area (Å²) in [5.41, 5.74) is 3.25. The standard InChI is InChI=1S/C21H20F2/c1-3-5-15-7-9-16(10-8-15)19-13-17-11-6-14(4-2)12-18(17)20(22)21(19)23/h6-13H,3-5H2,1-2H3. The van der Waals surface area contributed by atoms with Gasteiger partial charge in [0.15, 0.2) is 11.6 Å². The van der Waals surface area contributed by atoms with Crippen LogP contribution in [0.15, 0.2) is 48.5 Å². The molecule has 0 atom stereocenters. The smallest absolute Gasteiger partial charge is 0.167 e. The largest absolute Gasteiger partial charge is 0.203 e. The van der Waals surface area contributed by atoms with Crippen LogP contribution < -0.4 is 0 Å². The normalized spacial score (nSPS) is 11.1. The van der Waals surface area contributed by atoms with Crippen molar-refractivity contribution in [3.8, 4) is 11.1 Å². The van der Waals surface area contributed by atoms with Crippen LogP contribution in [0.3, 0.4) is 0 Å². The summed E-state index contributed by atoms with van der Waals surface area (Å²) in [7, 11) is 0. The molecule has 0 aliphatic heterocycles. The molecule has 0 bridgehead atoms. The van der Waals surface area contributed by atoms with Gasteiger partial charge in [0.05, 0.1) is 0 Å². The van der Waals surface area contributed by atoms with E-state index in [0.717, 1.165) is 30.2 Å². The molecule has 0 aromatic heterocycles. The van der Waals surface area contributed by atoms with Crippen molar-refractivity contribution in [2.24, 2.45) is 0 Å². The van der Waals surface area contributed by atoms with Gasteiger partial charge in [-0.3, -0.25) is 0 Å². The van der Waals surface area contributed by atoms with E-state index in [1.165, 1.54) is 5.56 Å². The van der Waals surface area contributed by atoms with E-state index in [-0.39, 0.29) is 0 Å². The molecule has 0 fully saturated rings. The first-order chi connectivity index (χ1) is 11.1. The van der Waals surface area contributed by atoms with Gasteiger partial charge in [-0.2, -0.15) is 0 Å². The summed E-state index contributed by atoms with van der Waals surface area (Å²) in [6.45, 7) is 4.12. The summed E-state index contributed by atoms with van der Waals surface area (Å²) in [5.74, 6) is -1.53. The molecule has 3 aromatic rings. The minimum atomic E-state index is -0.769. The number of fused-ring (bicyclic) bond motifs is 1. The number of benzene rings is 3. The van der Waals surface area contributed by atoms with Gasteiger partial charge in [0.25, 0.3) is 0 Å². The van der Waals surface area contributed by atoms with Gasteiger partial charge in [-0.05, 0) is 47.1 Å². The van der Waals surface area contributed by atoms with Gasteiger partial charge < -0.3 is 0 Å². The molecule has 0 aliphatic carbocycles. The van der Waals surface area contributed by atoms with Crippen LogP contribution in [0.2, 0.25) is 0 Å². The lowest BCUT2D eigenvalue weighted by Crippen LogP contribution is -1.94. The van der Waals surface area contributed by atoms with Crippen molar-refractivity contribution in [1.82, 2.24) is 0 Å². The molecule has 23 heavy (non-hydrogen) atoms. The molecule has 0 aliphatic rings. The Bertz CT molecular complexity index is 833. The van der Waals surface area contributed by atoms with Crippen molar-refractivity contribution in [2.45, 2.75) is 33.1 Å². The van der Waals surface area contributed by atoms with E-state index in [9.17, 15) is 8.78 Å². The first-order valence-electron chi connectivity index (χ1n) is 8.14. The van der Waals surface area contributed by atoms with Crippen LogP contribution in [0.1, 0.15) is 31.4 Å². The fourth-order valence-electron chi connectivity index (χ4n) is 2.94. The molecule has 0 spiro atoms. The summed E-state index contributed by atoms with van der Waals surface area (Å²) < 4.78 is 29.0. The van der Waals surface area contributed by atoms with Crippen LogP contribution in [0, 0.1) is 11.6 Å². The summed E-state index contributed by atoms with van der Waals surface area (Å²) >= 11 is 0. The molecular formula is C21H20F2. The Kier molecular flexibility index (Phi) is 4.42. The van der Waals surface area contributed by atoms with Crippen molar-refractivity contribution < 1.29 is 8.78 Å². The zero-order chi connectivity index (χ0) is 16.4. The van der Waals surface area contributed by atoms with Gasteiger partial charge in [0.1, 0.15) is 0 Å². The monoisotopic (exact) mass is 310 g/mol. The van der Waals surface area contributed by atoms with Crippen LogP contribution in [0.4, 0.5) is 8.78 Å². The molecule has 0 saturated heterocycles. The Morgan fingerprint density at radius 1 is 0.783 bits per heavy atom. The van der Waals surface area contributed by atoms with Gasteiger partial charge in [-0.25, -0.2) is 8.78 Å². The Morgan fingerprint density at radius 3 is 2.13 bits per heavy atom. The Labute approximate surface area is 135 Å². The molecule has 0 heterocycles. The number of hydrogen-bond donors (Lipinski definition) is 0. The minimum absolute atomic E-state index is 0.322. The maximum atomic E-state index is 14.5. The summed E-state index contributed by atoms with van der Waals surface area (Å²) in [6.07, 6.45) is 2.87. The average Bonchev–Trinajstić information content (AvgIpc) is 2.59. The number of hydrogen-bond acceptors (Lipinski definition) is 0. The van der Waals surface area contributed by atoms with Crippen molar-refractivity contribution in [3.05, 3.63) is 71.3 Å². The van der Waals surface area contributed by atoms with Gasteiger partial charge in [-0.1, -0.05) is 56.7 Å². The van der Waals surface area contributed by atoms with E-state index < -0.39 is 11.6 Å². The highest BCUT2D eigenvalue weighted by molar-refractivity contribution is 5.88. The SMILES string of the molecule is CCCc1ccc(-c2cc3ccc(CC)cc3c(F)c2F)cc1. The first kappa shape index (κ1) is 15.7. The predicted molar refractivity (Wildman–Crippen MR) is 92.7 cm³/mol. The van der Waals surface area contributed by atoms with Crippen LogP contribution in [-0.2, 0) is 12.8 Å². The lowest BCUT2D eigenvalue weighted by molar-refractivity contribution is 0.519. The third-order valence-electron chi connectivity index (χ3n) is 4.30. The average molecular weight is 310 g/mol. The number of halogens is 2. The van der Waals surface area contributed by atoms with Crippen molar-refractivity contribution in [3.63, 3.8) is 0 Å². The van der Waals surface area contributed by atoms with Crippen LogP contribution >= 0.6 is 0 Å². The Morgan fingerprint density at radius 2 is 1.48 bits per heavy atom. The molecular weight excluding hydrogens is 290 g/mol. The second-order valence-corrected chi connectivity index (χ2v) is 5.91. The van der Waals surface area contributed by atoms with E-state index in [2.05, 4.69) is 6.92 Å². The highest BCUT2D eigenvalue weighted by Gasteiger charge is 2.15. The van der Waals surface area contributed by atoms with Gasteiger partial charge in [-0.15, -0.1) is 0 Å². The zero-order valence-electron chi connectivity index (χ0n) is 13.5. The fraction of sp³-hybridized carbons (Fsp3) is 0.238. The lowest BCUT2D eigenvalue weighted by Gasteiger charge is -2.10. The fourth-order valence-corrected chi connectivity index (χ4v) is 2.94. The molecule has 0 unspecified atom stereocenters. The van der Waals surface area contributed by atoms with Gasteiger partial charge in [0, 0.05) is 10.9 Å². The third kappa shape index (κ3) is 2.98. The second kappa shape index (κ2) is 6.49. The molecule has 0 saturated carbocycles. The van der Waals surface area contributed by atoms with E-state index in [4.69, 9.17) is 0 Å². The van der Waals surface area contributed by atoms with Crippen molar-refractivity contribution in [1.29, 1.82) is 0 Å². The molecule has 118 valence electrons. The maximum absolute atomic E-state index is 14.5. The Hall–Kier alpha value is -2.22. The Balaban J connectivity index is 2.12. The molecule has 3 aromatic carbocycles. The molecule has 0 amide bonds. The number of aryl methyl sites for hydroxylation is 2. The van der Waals surface area contributed by atoms with Crippen LogP contribution in [-0.4, -0.2) is 0 Å². The van der Waals surface area contributed by atoms with E-state index >= 15 is 0 Å². The first-order valence-corrected chi connectivity index (χ1v) is 8.14. The second-order valence-electron chi connectivity index (χ2n) is 5.91.